The summed E-state index contributed by atoms with van der Waals surface area (Å²) < 4.78 is 0. The number of rotatable bonds is 5. The minimum absolute atomic E-state index is 0.150. The average Bonchev–Trinajstić information content (AvgIpc) is 3.30. The Bertz CT molecular complexity index is 1410. The second kappa shape index (κ2) is 8.48. The zero-order valence-electron chi connectivity index (χ0n) is 17.5. The van der Waals surface area contributed by atoms with Crippen molar-refractivity contribution in [2.45, 2.75) is 6.54 Å². The fourth-order valence-electron chi connectivity index (χ4n) is 4.12. The third-order valence-electron chi connectivity index (χ3n) is 5.72. The van der Waals surface area contributed by atoms with Crippen LogP contribution in [-0.4, -0.2) is 27.8 Å². The molecule has 0 bridgehead atoms. The van der Waals surface area contributed by atoms with E-state index in [1.165, 1.54) is 12.1 Å². The number of halogens is 2. The van der Waals surface area contributed by atoms with E-state index in [2.05, 4.69) is 5.32 Å². The van der Waals surface area contributed by atoms with Gasteiger partial charge in [-0.25, -0.2) is 4.79 Å². The third-order valence-corrected chi connectivity index (χ3v) is 6.23. The van der Waals surface area contributed by atoms with Crippen LogP contribution in [0.5, 0.6) is 0 Å². The Morgan fingerprint density at radius 2 is 1.35 bits per heavy atom. The predicted octanol–water partition coefficient (Wildman–Crippen LogP) is 4.99. The summed E-state index contributed by atoms with van der Waals surface area (Å²) in [4.78, 5) is 39.5. The molecule has 0 saturated carbocycles. The molecule has 3 aromatic rings. The van der Waals surface area contributed by atoms with E-state index >= 15 is 0 Å². The second-order valence-corrected chi connectivity index (χ2v) is 8.71. The van der Waals surface area contributed by atoms with Crippen molar-refractivity contribution in [3.63, 3.8) is 0 Å². The summed E-state index contributed by atoms with van der Waals surface area (Å²) in [5, 5.41) is 13.1. The molecule has 0 aliphatic carbocycles. The van der Waals surface area contributed by atoms with Crippen LogP contribution in [0.25, 0.3) is 11.4 Å². The van der Waals surface area contributed by atoms with Crippen LogP contribution in [0.1, 0.15) is 27.0 Å². The number of nitrogens with zero attached hydrogens (tertiary/aromatic N) is 1. The van der Waals surface area contributed by atoms with Gasteiger partial charge < -0.3 is 15.3 Å². The largest absolute Gasteiger partial charge is 0.478 e. The Hall–Kier alpha value is -3.87. The van der Waals surface area contributed by atoms with Crippen molar-refractivity contribution in [3.8, 4) is 0 Å². The summed E-state index contributed by atoms with van der Waals surface area (Å²) >= 11 is 12.1. The number of carbonyl (C=O) groups is 3. The molecule has 0 aromatic heterocycles. The maximum atomic E-state index is 13.7. The molecule has 34 heavy (non-hydrogen) atoms. The van der Waals surface area contributed by atoms with Crippen LogP contribution in [0, 0.1) is 0 Å². The first-order valence-electron chi connectivity index (χ1n) is 10.3. The van der Waals surface area contributed by atoms with Gasteiger partial charge in [0, 0.05) is 10.0 Å². The van der Waals surface area contributed by atoms with Crippen molar-refractivity contribution in [2.75, 3.05) is 0 Å². The van der Waals surface area contributed by atoms with Crippen LogP contribution in [0.15, 0.2) is 83.9 Å². The van der Waals surface area contributed by atoms with Crippen LogP contribution in [0.4, 0.5) is 0 Å². The van der Waals surface area contributed by atoms with Gasteiger partial charge in [0.25, 0.3) is 11.8 Å². The first-order chi connectivity index (χ1) is 16.3. The molecule has 0 saturated heterocycles. The molecule has 2 aliphatic heterocycles. The lowest BCUT2D eigenvalue weighted by molar-refractivity contribution is -0.123. The van der Waals surface area contributed by atoms with Gasteiger partial charge in [-0.3, -0.25) is 9.59 Å². The summed E-state index contributed by atoms with van der Waals surface area (Å²) in [5.74, 6) is -1.73. The highest BCUT2D eigenvalue weighted by Gasteiger charge is 2.45. The fourth-order valence-corrected chi connectivity index (χ4v) is 4.37. The van der Waals surface area contributed by atoms with Crippen LogP contribution < -0.4 is 5.32 Å². The smallest absolute Gasteiger partial charge is 0.335 e. The molecule has 0 spiro atoms. The van der Waals surface area contributed by atoms with Gasteiger partial charge in [-0.1, -0.05) is 59.6 Å². The summed E-state index contributed by atoms with van der Waals surface area (Å²) in [6.07, 6.45) is 0. The standard InChI is InChI=1S/C26H16Cl2N2O4/c27-18-9-5-15(6-10-18)22-20-21(24(31)29-22)23(16-7-11-19(28)12-8-16)30(25(20)32)13-14-1-3-17(4-2-14)26(33)34/h1-12H,13H2,(H,29,31)(H,33,34). The summed E-state index contributed by atoms with van der Waals surface area (Å²) in [7, 11) is 0. The van der Waals surface area contributed by atoms with E-state index in [1.54, 1.807) is 65.6 Å². The lowest BCUT2D eigenvalue weighted by Gasteiger charge is -2.22. The van der Waals surface area contributed by atoms with Gasteiger partial charge in [0.2, 0.25) is 0 Å². The van der Waals surface area contributed by atoms with Gasteiger partial charge in [0.15, 0.2) is 0 Å². The number of hydrogen-bond acceptors (Lipinski definition) is 3. The third kappa shape index (κ3) is 3.77. The molecule has 2 N–H and O–H groups in total. The van der Waals surface area contributed by atoms with Crippen LogP contribution >= 0.6 is 23.2 Å². The number of nitrogens with one attached hydrogen (secondary N) is 1. The quantitative estimate of drug-likeness (QED) is 0.527. The van der Waals surface area contributed by atoms with E-state index in [0.29, 0.717) is 43.7 Å². The lowest BCUT2D eigenvalue weighted by Crippen LogP contribution is -2.27. The van der Waals surface area contributed by atoms with Gasteiger partial charge in [0.05, 0.1) is 34.6 Å². The summed E-state index contributed by atoms with van der Waals surface area (Å²) in [6, 6.07) is 20.1. The molecule has 2 amide bonds. The lowest BCUT2D eigenvalue weighted by atomic mass is 10.0. The number of carboxylic acid groups (broad SMARTS) is 1. The number of carbonyl (C=O) groups excluding carboxylic acids is 2. The SMILES string of the molecule is O=C1NC(c2ccc(Cl)cc2)=C2C(=O)N(Cc3ccc(C(=O)O)cc3)C(c3ccc(Cl)cc3)=C12. The zero-order valence-corrected chi connectivity index (χ0v) is 19.0. The number of fused-ring (bicyclic) bond motifs is 1. The van der Waals surface area contributed by atoms with Crippen molar-refractivity contribution >= 4 is 52.4 Å². The Balaban J connectivity index is 1.65. The Morgan fingerprint density at radius 3 is 1.91 bits per heavy atom. The van der Waals surface area contributed by atoms with E-state index in [0.717, 1.165) is 5.56 Å². The van der Waals surface area contributed by atoms with Gasteiger partial charge in [-0.05, 0) is 53.1 Å². The molecule has 0 atom stereocenters. The Kier molecular flexibility index (Phi) is 5.48. The maximum Gasteiger partial charge on any atom is 0.335 e. The fraction of sp³-hybridized carbons (Fsp3) is 0.0385. The minimum Gasteiger partial charge on any atom is -0.478 e. The van der Waals surface area contributed by atoms with E-state index in [4.69, 9.17) is 28.3 Å². The molecule has 5 rings (SSSR count). The second-order valence-electron chi connectivity index (χ2n) is 7.83. The van der Waals surface area contributed by atoms with Crippen molar-refractivity contribution in [1.82, 2.24) is 10.2 Å². The zero-order chi connectivity index (χ0) is 24.0. The summed E-state index contributed by atoms with van der Waals surface area (Å²) in [6.45, 7) is 0.158. The van der Waals surface area contributed by atoms with Crippen molar-refractivity contribution in [1.29, 1.82) is 0 Å². The van der Waals surface area contributed by atoms with Gasteiger partial charge in [-0.2, -0.15) is 0 Å². The summed E-state index contributed by atoms with van der Waals surface area (Å²) in [5.41, 5.74) is 3.68. The molecule has 0 fully saturated rings. The van der Waals surface area contributed by atoms with Crippen LogP contribution in [0.2, 0.25) is 10.0 Å². The molecular weight excluding hydrogens is 475 g/mol. The van der Waals surface area contributed by atoms with Crippen LogP contribution in [0.3, 0.4) is 0 Å². The Morgan fingerprint density at radius 1 is 0.794 bits per heavy atom. The minimum atomic E-state index is -1.03. The predicted molar refractivity (Wildman–Crippen MR) is 129 cm³/mol. The highest BCUT2D eigenvalue weighted by molar-refractivity contribution is 6.32. The van der Waals surface area contributed by atoms with Crippen molar-refractivity contribution in [3.05, 3.63) is 116 Å². The number of hydrogen-bond donors (Lipinski definition) is 2. The molecular formula is C26H16Cl2N2O4. The first-order valence-corrected chi connectivity index (χ1v) is 11.1. The van der Waals surface area contributed by atoms with Crippen molar-refractivity contribution < 1.29 is 19.5 Å². The molecule has 0 unspecified atom stereocenters. The highest BCUT2D eigenvalue weighted by Crippen LogP contribution is 2.43. The first kappa shape index (κ1) is 21.9. The number of carboxylic acids is 1. The monoisotopic (exact) mass is 490 g/mol. The molecule has 168 valence electrons. The average molecular weight is 491 g/mol. The van der Waals surface area contributed by atoms with E-state index in [-0.39, 0.29) is 23.9 Å². The van der Waals surface area contributed by atoms with Gasteiger partial charge >= 0.3 is 5.97 Å². The maximum absolute atomic E-state index is 13.7. The van der Waals surface area contributed by atoms with Crippen molar-refractivity contribution in [2.24, 2.45) is 0 Å². The van der Waals surface area contributed by atoms with E-state index < -0.39 is 5.97 Å². The molecule has 0 radical (unpaired) electrons. The molecule has 6 nitrogen and oxygen atoms in total. The van der Waals surface area contributed by atoms with E-state index in [1.807, 2.05) is 0 Å². The van der Waals surface area contributed by atoms with Crippen LogP contribution in [-0.2, 0) is 16.1 Å². The molecule has 2 aliphatic rings. The Labute approximate surface area is 204 Å². The van der Waals surface area contributed by atoms with E-state index in [9.17, 15) is 14.4 Å². The number of benzene rings is 3. The van der Waals surface area contributed by atoms with Gasteiger partial charge in [-0.15, -0.1) is 0 Å². The van der Waals surface area contributed by atoms with Gasteiger partial charge in [0.1, 0.15) is 0 Å². The normalized spacial score (nSPS) is 15.2. The molecule has 3 aromatic carbocycles. The number of amides is 2. The topological polar surface area (TPSA) is 86.7 Å². The number of aromatic carboxylic acids is 1. The highest BCUT2D eigenvalue weighted by atomic mass is 35.5. The molecule has 8 heteroatoms. The molecule has 2 heterocycles.